The first-order valence-corrected chi connectivity index (χ1v) is 6.23. The lowest BCUT2D eigenvalue weighted by Gasteiger charge is -2.08. The fraction of sp³-hybridized carbons (Fsp3) is 0. The molecule has 2 heterocycles. The second-order valence-corrected chi connectivity index (χ2v) is 4.64. The Bertz CT molecular complexity index is 769. The first-order valence-electron chi connectivity index (χ1n) is 5.86. The minimum atomic E-state index is -0.513. The van der Waals surface area contributed by atoms with E-state index in [0.717, 1.165) is 5.56 Å². The Morgan fingerprint density at radius 1 is 1.20 bits per heavy atom. The third-order valence-electron chi connectivity index (χ3n) is 2.80. The molecule has 0 aliphatic carbocycles. The number of halogens is 2. The molecule has 2 aromatic heterocycles. The molecule has 0 saturated carbocycles. The molecule has 0 unspecified atom stereocenters. The van der Waals surface area contributed by atoms with Gasteiger partial charge in [0, 0.05) is 29.8 Å². The quantitative estimate of drug-likeness (QED) is 0.736. The van der Waals surface area contributed by atoms with Crippen molar-refractivity contribution in [2.24, 2.45) is 0 Å². The van der Waals surface area contributed by atoms with Crippen molar-refractivity contribution in [3.63, 3.8) is 0 Å². The standard InChI is InChI=1S/C14H10ClFN4/c15-10-7-12(16)14(19-8-10)20-5-4-18-13(20)9-2-1-3-11(17)6-9/h1-8H,17H2. The number of rotatable bonds is 2. The second-order valence-electron chi connectivity index (χ2n) is 4.21. The maximum atomic E-state index is 14.0. The largest absolute Gasteiger partial charge is 0.399 e. The molecule has 0 spiro atoms. The van der Waals surface area contributed by atoms with Crippen LogP contribution in [0.3, 0.4) is 0 Å². The van der Waals surface area contributed by atoms with Crippen LogP contribution >= 0.6 is 11.6 Å². The van der Waals surface area contributed by atoms with Crippen LogP contribution in [0.2, 0.25) is 5.02 Å². The molecule has 0 saturated heterocycles. The van der Waals surface area contributed by atoms with Crippen LogP contribution < -0.4 is 5.73 Å². The molecule has 0 amide bonds. The van der Waals surface area contributed by atoms with Crippen LogP contribution in [0.5, 0.6) is 0 Å². The molecule has 0 radical (unpaired) electrons. The molecule has 0 aliphatic heterocycles. The third kappa shape index (κ3) is 2.23. The van der Waals surface area contributed by atoms with Crippen molar-refractivity contribution in [2.75, 3.05) is 5.73 Å². The Hall–Kier alpha value is -2.40. The minimum absolute atomic E-state index is 0.143. The summed E-state index contributed by atoms with van der Waals surface area (Å²) in [6.07, 6.45) is 4.61. The SMILES string of the molecule is Nc1cccc(-c2nccn2-c2ncc(Cl)cc2F)c1. The Labute approximate surface area is 119 Å². The number of anilines is 1. The van der Waals surface area contributed by atoms with Crippen molar-refractivity contribution < 1.29 is 4.39 Å². The van der Waals surface area contributed by atoms with Gasteiger partial charge in [-0.25, -0.2) is 14.4 Å². The van der Waals surface area contributed by atoms with Crippen LogP contribution in [0.25, 0.3) is 17.2 Å². The highest BCUT2D eigenvalue weighted by molar-refractivity contribution is 6.30. The summed E-state index contributed by atoms with van der Waals surface area (Å²) in [7, 11) is 0. The molecule has 6 heteroatoms. The number of pyridine rings is 1. The predicted molar refractivity (Wildman–Crippen MR) is 76.2 cm³/mol. The summed E-state index contributed by atoms with van der Waals surface area (Å²) >= 11 is 5.71. The molecule has 4 nitrogen and oxygen atoms in total. The van der Waals surface area contributed by atoms with Gasteiger partial charge in [-0.2, -0.15) is 0 Å². The molecule has 3 aromatic rings. The van der Waals surface area contributed by atoms with Crippen molar-refractivity contribution >= 4 is 17.3 Å². The summed E-state index contributed by atoms with van der Waals surface area (Å²) in [5, 5.41) is 0.247. The van der Waals surface area contributed by atoms with Gasteiger partial charge < -0.3 is 5.73 Å². The molecule has 20 heavy (non-hydrogen) atoms. The zero-order valence-corrected chi connectivity index (χ0v) is 11.0. The van der Waals surface area contributed by atoms with Crippen molar-refractivity contribution in [2.45, 2.75) is 0 Å². The second kappa shape index (κ2) is 4.94. The van der Waals surface area contributed by atoms with Gasteiger partial charge in [-0.15, -0.1) is 0 Å². The summed E-state index contributed by atoms with van der Waals surface area (Å²) < 4.78 is 15.5. The number of nitrogen functional groups attached to an aromatic ring is 1. The van der Waals surface area contributed by atoms with Gasteiger partial charge in [0.2, 0.25) is 0 Å². The van der Waals surface area contributed by atoms with E-state index in [4.69, 9.17) is 17.3 Å². The average Bonchev–Trinajstić information content (AvgIpc) is 2.87. The zero-order chi connectivity index (χ0) is 14.1. The summed E-state index contributed by atoms with van der Waals surface area (Å²) in [4.78, 5) is 8.25. The van der Waals surface area contributed by atoms with Crippen LogP contribution in [0.1, 0.15) is 0 Å². The Morgan fingerprint density at radius 3 is 2.80 bits per heavy atom. The van der Waals surface area contributed by atoms with Crippen molar-refractivity contribution in [1.29, 1.82) is 0 Å². The van der Waals surface area contributed by atoms with E-state index in [1.165, 1.54) is 12.3 Å². The molecular formula is C14H10ClFN4. The van der Waals surface area contributed by atoms with Crippen molar-refractivity contribution in [3.8, 4) is 17.2 Å². The first kappa shape index (κ1) is 12.6. The lowest BCUT2D eigenvalue weighted by atomic mass is 10.2. The highest BCUT2D eigenvalue weighted by atomic mass is 35.5. The lowest BCUT2D eigenvalue weighted by molar-refractivity contribution is 0.610. The van der Waals surface area contributed by atoms with Gasteiger partial charge in [-0.05, 0) is 18.2 Å². The monoisotopic (exact) mass is 288 g/mol. The van der Waals surface area contributed by atoms with E-state index < -0.39 is 5.82 Å². The van der Waals surface area contributed by atoms with Gasteiger partial charge in [0.25, 0.3) is 0 Å². The molecule has 100 valence electrons. The minimum Gasteiger partial charge on any atom is -0.399 e. The molecular weight excluding hydrogens is 279 g/mol. The molecule has 3 rings (SSSR count). The molecule has 0 fully saturated rings. The highest BCUT2D eigenvalue weighted by Gasteiger charge is 2.13. The number of imidazole rings is 1. The van der Waals surface area contributed by atoms with Crippen LogP contribution in [0.4, 0.5) is 10.1 Å². The maximum Gasteiger partial charge on any atom is 0.174 e. The molecule has 0 atom stereocenters. The van der Waals surface area contributed by atoms with E-state index in [-0.39, 0.29) is 10.8 Å². The predicted octanol–water partition coefficient (Wildman–Crippen LogP) is 3.31. The Morgan fingerprint density at radius 2 is 2.05 bits per heavy atom. The molecule has 1 aromatic carbocycles. The van der Waals surface area contributed by atoms with E-state index in [9.17, 15) is 4.39 Å². The Balaban J connectivity index is 2.15. The van der Waals surface area contributed by atoms with Crippen LogP contribution in [-0.2, 0) is 0 Å². The van der Waals surface area contributed by atoms with Gasteiger partial charge in [0.1, 0.15) is 5.82 Å². The molecule has 2 N–H and O–H groups in total. The summed E-state index contributed by atoms with van der Waals surface area (Å²) in [6, 6.07) is 8.43. The number of hydrogen-bond donors (Lipinski definition) is 1. The number of hydrogen-bond acceptors (Lipinski definition) is 3. The maximum absolute atomic E-state index is 14.0. The smallest absolute Gasteiger partial charge is 0.174 e. The number of aromatic nitrogens is 3. The van der Waals surface area contributed by atoms with Crippen LogP contribution in [0.15, 0.2) is 48.9 Å². The van der Waals surface area contributed by atoms with Crippen molar-refractivity contribution in [1.82, 2.24) is 14.5 Å². The van der Waals surface area contributed by atoms with Gasteiger partial charge in [0.15, 0.2) is 11.6 Å². The van der Waals surface area contributed by atoms with E-state index in [0.29, 0.717) is 11.5 Å². The van der Waals surface area contributed by atoms with Crippen LogP contribution in [0, 0.1) is 5.82 Å². The van der Waals surface area contributed by atoms with E-state index >= 15 is 0 Å². The van der Waals surface area contributed by atoms with E-state index in [1.54, 1.807) is 29.1 Å². The summed E-state index contributed by atoms with van der Waals surface area (Å²) in [5.74, 6) is 0.191. The number of nitrogens with zero attached hydrogens (tertiary/aromatic N) is 3. The summed E-state index contributed by atoms with van der Waals surface area (Å²) in [6.45, 7) is 0. The fourth-order valence-corrected chi connectivity index (χ4v) is 2.09. The van der Waals surface area contributed by atoms with Gasteiger partial charge in [0.05, 0.1) is 5.02 Å². The van der Waals surface area contributed by atoms with Gasteiger partial charge in [-0.3, -0.25) is 4.57 Å². The lowest BCUT2D eigenvalue weighted by Crippen LogP contribution is -2.02. The first-order chi connectivity index (χ1) is 9.65. The fourth-order valence-electron chi connectivity index (χ4n) is 1.95. The van der Waals surface area contributed by atoms with Gasteiger partial charge >= 0.3 is 0 Å². The Kier molecular flexibility index (Phi) is 3.12. The molecule has 0 bridgehead atoms. The molecule has 0 aliphatic rings. The van der Waals surface area contributed by atoms with Crippen molar-refractivity contribution in [3.05, 3.63) is 59.8 Å². The topological polar surface area (TPSA) is 56.7 Å². The third-order valence-corrected chi connectivity index (χ3v) is 3.01. The average molecular weight is 289 g/mol. The van der Waals surface area contributed by atoms with Crippen LogP contribution in [-0.4, -0.2) is 14.5 Å². The number of nitrogens with two attached hydrogens (primary N) is 1. The summed E-state index contributed by atoms with van der Waals surface area (Å²) in [5.41, 5.74) is 7.16. The van der Waals surface area contributed by atoms with Gasteiger partial charge in [-0.1, -0.05) is 23.7 Å². The van der Waals surface area contributed by atoms with E-state index in [1.807, 2.05) is 12.1 Å². The van der Waals surface area contributed by atoms with E-state index in [2.05, 4.69) is 9.97 Å². The normalized spacial score (nSPS) is 10.7. The number of benzene rings is 1. The zero-order valence-electron chi connectivity index (χ0n) is 10.3. The highest BCUT2D eigenvalue weighted by Crippen LogP contribution is 2.24.